The molecule has 0 bridgehead atoms. The highest BCUT2D eigenvalue weighted by Crippen LogP contribution is 2.23. The molecule has 2 aromatic rings. The monoisotopic (exact) mass is 526 g/mol. The van der Waals surface area contributed by atoms with Gasteiger partial charge in [-0.05, 0) is 73.9 Å². The standard InChI is InChI=1S/C14H17N3O.C8H10FN.C6H12.2C2H6/c1-4-11-9-15-14(16-10(11)2)17-12-5-7-13(18-3)8-6-12;1-2-10-8-5-3-7(9)4-6-8;1-6-4-2-3-5-6;2*1-2/h5-9H,4H2,1-3H3,(H,15,16,17);2-5,8,10H,1,6H2;6H,2-5H2,1H3;2*1-2H3. The number of anilines is 2. The summed E-state index contributed by atoms with van der Waals surface area (Å²) in [4.78, 5) is 8.72. The Morgan fingerprint density at radius 2 is 1.74 bits per heavy atom. The van der Waals surface area contributed by atoms with Gasteiger partial charge in [-0.2, -0.15) is 0 Å². The van der Waals surface area contributed by atoms with E-state index < -0.39 is 0 Å². The fourth-order valence-corrected chi connectivity index (χ4v) is 3.70. The van der Waals surface area contributed by atoms with Gasteiger partial charge in [0.1, 0.15) is 11.6 Å². The molecule has 5 nitrogen and oxygen atoms in total. The number of halogens is 1. The van der Waals surface area contributed by atoms with Crippen LogP contribution in [-0.2, 0) is 6.42 Å². The highest BCUT2D eigenvalue weighted by molar-refractivity contribution is 5.54. The molecule has 212 valence electrons. The Hall–Kier alpha value is -3.15. The Morgan fingerprint density at radius 1 is 1.11 bits per heavy atom. The first-order valence-electron chi connectivity index (χ1n) is 14.1. The predicted octanol–water partition coefficient (Wildman–Crippen LogP) is 9.25. The van der Waals surface area contributed by atoms with E-state index in [-0.39, 0.29) is 11.9 Å². The van der Waals surface area contributed by atoms with Gasteiger partial charge in [0.25, 0.3) is 0 Å². The molecule has 0 amide bonds. The van der Waals surface area contributed by atoms with E-state index in [1.807, 2.05) is 65.1 Å². The number of nitrogens with zero attached hydrogens (tertiary/aromatic N) is 2. The largest absolute Gasteiger partial charge is 0.497 e. The van der Waals surface area contributed by atoms with Crippen molar-refractivity contribution < 1.29 is 9.13 Å². The lowest BCUT2D eigenvalue weighted by Crippen LogP contribution is -2.21. The summed E-state index contributed by atoms with van der Waals surface area (Å²) in [6.45, 7) is 18.0. The van der Waals surface area contributed by atoms with Crippen LogP contribution in [0.3, 0.4) is 0 Å². The molecule has 0 spiro atoms. The number of benzene rings is 1. The van der Waals surface area contributed by atoms with Crippen molar-refractivity contribution in [1.29, 1.82) is 0 Å². The number of rotatable bonds is 6. The van der Waals surface area contributed by atoms with E-state index in [2.05, 4.69) is 41.0 Å². The van der Waals surface area contributed by atoms with Crippen molar-refractivity contribution >= 4 is 11.6 Å². The van der Waals surface area contributed by atoms with Gasteiger partial charge in [0.05, 0.1) is 7.11 Å². The van der Waals surface area contributed by atoms with Crippen LogP contribution >= 0.6 is 0 Å². The van der Waals surface area contributed by atoms with Gasteiger partial charge >= 0.3 is 0 Å². The smallest absolute Gasteiger partial charge is 0.227 e. The van der Waals surface area contributed by atoms with Crippen LogP contribution in [0.2, 0.25) is 0 Å². The number of nitrogens with one attached hydrogen (secondary N) is 2. The summed E-state index contributed by atoms with van der Waals surface area (Å²) in [5.74, 6) is 2.35. The third kappa shape index (κ3) is 14.6. The van der Waals surface area contributed by atoms with Gasteiger partial charge in [-0.25, -0.2) is 14.4 Å². The molecule has 1 aromatic heterocycles. The fraction of sp³-hybridized carbons (Fsp3) is 0.500. The maximum atomic E-state index is 12.3. The molecule has 38 heavy (non-hydrogen) atoms. The topological polar surface area (TPSA) is 59.1 Å². The molecular weight excluding hydrogens is 475 g/mol. The van der Waals surface area contributed by atoms with Crippen molar-refractivity contribution in [3.05, 3.63) is 78.6 Å². The maximum Gasteiger partial charge on any atom is 0.227 e. The Labute approximate surface area is 231 Å². The van der Waals surface area contributed by atoms with Crippen molar-refractivity contribution in [3.63, 3.8) is 0 Å². The molecule has 6 heteroatoms. The normalized spacial score (nSPS) is 15.4. The highest BCUT2D eigenvalue weighted by atomic mass is 19.1. The zero-order valence-electron chi connectivity index (χ0n) is 25.0. The second-order valence-corrected chi connectivity index (χ2v) is 8.56. The summed E-state index contributed by atoms with van der Waals surface area (Å²) in [7, 11) is 1.65. The molecule has 1 aromatic carbocycles. The first-order valence-corrected chi connectivity index (χ1v) is 14.1. The van der Waals surface area contributed by atoms with Gasteiger partial charge in [-0.3, -0.25) is 0 Å². The van der Waals surface area contributed by atoms with Crippen molar-refractivity contribution in [3.8, 4) is 5.75 Å². The van der Waals surface area contributed by atoms with Crippen LogP contribution in [0.15, 0.2) is 67.3 Å². The third-order valence-electron chi connectivity index (χ3n) is 5.84. The zero-order valence-corrected chi connectivity index (χ0v) is 25.0. The maximum absolute atomic E-state index is 12.3. The second kappa shape index (κ2) is 21.9. The van der Waals surface area contributed by atoms with Gasteiger partial charge in [0.2, 0.25) is 5.95 Å². The van der Waals surface area contributed by atoms with E-state index in [1.54, 1.807) is 25.5 Å². The second-order valence-electron chi connectivity index (χ2n) is 8.56. The van der Waals surface area contributed by atoms with Crippen molar-refractivity contribution in [1.82, 2.24) is 15.3 Å². The molecular formula is C32H51FN4O. The minimum atomic E-state index is -0.151. The first kappa shape index (κ1) is 34.9. The van der Waals surface area contributed by atoms with Crippen LogP contribution in [0, 0.1) is 12.8 Å². The zero-order chi connectivity index (χ0) is 28.8. The number of ether oxygens (including phenoxy) is 1. The third-order valence-corrected chi connectivity index (χ3v) is 5.84. The summed E-state index contributed by atoms with van der Waals surface area (Å²) < 4.78 is 17.4. The summed E-state index contributed by atoms with van der Waals surface area (Å²) >= 11 is 0. The minimum absolute atomic E-state index is 0.151. The molecule has 2 aliphatic carbocycles. The molecule has 0 saturated heterocycles. The quantitative estimate of drug-likeness (QED) is 0.393. The Morgan fingerprint density at radius 3 is 2.16 bits per heavy atom. The summed E-state index contributed by atoms with van der Waals surface area (Å²) in [6.07, 6.45) is 15.9. The van der Waals surface area contributed by atoms with Crippen LogP contribution in [0.1, 0.15) is 84.9 Å². The molecule has 1 fully saturated rings. The van der Waals surface area contributed by atoms with E-state index in [0.717, 1.165) is 29.5 Å². The highest BCUT2D eigenvalue weighted by Gasteiger charge is 2.07. The van der Waals surface area contributed by atoms with Crippen LogP contribution in [0.4, 0.5) is 16.0 Å². The number of allylic oxidation sites excluding steroid dienone is 2. The SMILES string of the molecule is C=CNC1C=CC(F)=CC1.CC.CC.CC1CCCC1.CCc1cnc(Nc2ccc(OC)cc2)nc1C. The fourth-order valence-electron chi connectivity index (χ4n) is 3.70. The predicted molar refractivity (Wildman–Crippen MR) is 163 cm³/mol. The lowest BCUT2D eigenvalue weighted by Gasteiger charge is -2.12. The van der Waals surface area contributed by atoms with E-state index in [4.69, 9.17) is 4.74 Å². The number of hydrogen-bond acceptors (Lipinski definition) is 5. The number of aromatic nitrogens is 2. The Kier molecular flexibility index (Phi) is 20.1. The Bertz CT molecular complexity index is 935. The summed E-state index contributed by atoms with van der Waals surface area (Å²) in [5, 5.41) is 6.14. The van der Waals surface area contributed by atoms with Crippen LogP contribution < -0.4 is 15.4 Å². The van der Waals surface area contributed by atoms with Gasteiger partial charge in [0.15, 0.2) is 0 Å². The van der Waals surface area contributed by atoms with Crippen molar-refractivity contribution in [2.45, 2.75) is 93.0 Å². The molecule has 1 saturated carbocycles. The van der Waals surface area contributed by atoms with E-state index in [9.17, 15) is 4.39 Å². The molecule has 4 rings (SSSR count). The van der Waals surface area contributed by atoms with E-state index >= 15 is 0 Å². The Balaban J connectivity index is 0.000000574. The molecule has 0 aliphatic heterocycles. The molecule has 2 aliphatic rings. The van der Waals surface area contributed by atoms with Gasteiger partial charge in [-0.15, -0.1) is 0 Å². The lowest BCUT2D eigenvalue weighted by atomic mass is 10.1. The molecule has 0 radical (unpaired) electrons. The molecule has 1 heterocycles. The number of hydrogen-bond donors (Lipinski definition) is 2. The van der Waals surface area contributed by atoms with Crippen molar-refractivity contribution in [2.24, 2.45) is 5.92 Å². The number of aryl methyl sites for hydroxylation is 2. The lowest BCUT2D eigenvalue weighted by molar-refractivity contribution is 0.415. The summed E-state index contributed by atoms with van der Waals surface area (Å²) in [6, 6.07) is 7.89. The van der Waals surface area contributed by atoms with Crippen molar-refractivity contribution in [2.75, 3.05) is 12.4 Å². The molecule has 1 unspecified atom stereocenters. The van der Waals surface area contributed by atoms with Gasteiger partial charge in [-0.1, -0.05) is 79.9 Å². The van der Waals surface area contributed by atoms with Crippen LogP contribution in [-0.4, -0.2) is 23.1 Å². The summed E-state index contributed by atoms with van der Waals surface area (Å²) in [5.41, 5.74) is 3.14. The van der Waals surface area contributed by atoms with Crippen LogP contribution in [0.5, 0.6) is 5.75 Å². The van der Waals surface area contributed by atoms with Gasteiger partial charge < -0.3 is 15.4 Å². The average Bonchev–Trinajstić information content (AvgIpc) is 3.44. The molecule has 1 atom stereocenters. The average molecular weight is 527 g/mol. The van der Waals surface area contributed by atoms with E-state index in [1.165, 1.54) is 37.3 Å². The minimum Gasteiger partial charge on any atom is -0.497 e. The molecule has 2 N–H and O–H groups in total. The van der Waals surface area contributed by atoms with Gasteiger partial charge in [0, 0.05) is 23.6 Å². The first-order chi connectivity index (χ1) is 18.4. The van der Waals surface area contributed by atoms with E-state index in [0.29, 0.717) is 12.4 Å². The number of methoxy groups -OCH3 is 1. The van der Waals surface area contributed by atoms with Crippen LogP contribution in [0.25, 0.3) is 0 Å².